The second kappa shape index (κ2) is 21.1. The minimum atomic E-state index is -0.711. The minimum Gasteiger partial charge on any atom is -0.451 e. The summed E-state index contributed by atoms with van der Waals surface area (Å²) in [5.74, 6) is -0.417. The van der Waals surface area contributed by atoms with Crippen molar-refractivity contribution in [3.8, 4) is 0 Å². The number of hydrogen-bond donors (Lipinski definition) is 1. The molecule has 1 aliphatic heterocycles. The Morgan fingerprint density at radius 1 is 1.10 bits per heavy atom. The number of ether oxygens (including phenoxy) is 4. The molecule has 1 saturated heterocycles. The Morgan fingerprint density at radius 3 is 2.12 bits per heavy atom. The van der Waals surface area contributed by atoms with Crippen LogP contribution < -0.4 is 5.73 Å². The number of carbonyl (C=O) groups is 2. The minimum absolute atomic E-state index is 0.00343. The zero-order valence-electron chi connectivity index (χ0n) is 25.8. The van der Waals surface area contributed by atoms with E-state index in [1.54, 1.807) is 19.1 Å². The van der Waals surface area contributed by atoms with Crippen LogP contribution in [0.15, 0.2) is 53.0 Å². The number of amides is 1. The average molecular weight is 590 g/mol. The number of primary amides is 1. The van der Waals surface area contributed by atoms with Crippen molar-refractivity contribution >= 4 is 24.2 Å². The highest BCUT2D eigenvalue weighted by atomic mass is 16.6. The first-order chi connectivity index (χ1) is 19.9. The summed E-state index contributed by atoms with van der Waals surface area (Å²) in [6.45, 7) is 18.6. The molecule has 0 aromatic heterocycles. The Bertz CT molecular complexity index is 1030. The number of nitrogens with zero attached hydrogens (tertiary/aromatic N) is 2. The van der Waals surface area contributed by atoms with Gasteiger partial charge in [-0.25, -0.2) is 29.2 Å². The van der Waals surface area contributed by atoms with Gasteiger partial charge in [-0.1, -0.05) is 57.7 Å². The van der Waals surface area contributed by atoms with Crippen LogP contribution >= 0.6 is 0 Å². The van der Waals surface area contributed by atoms with Gasteiger partial charge in [0.25, 0.3) is 0 Å². The summed E-state index contributed by atoms with van der Waals surface area (Å²) in [6.07, 6.45) is 6.02. The van der Waals surface area contributed by atoms with Crippen LogP contribution in [-0.4, -0.2) is 69.3 Å². The molecule has 2 fully saturated rings. The van der Waals surface area contributed by atoms with E-state index in [0.717, 1.165) is 44.1 Å². The Kier molecular flexibility index (Phi) is 19.3. The average Bonchev–Trinajstić information content (AvgIpc) is 3.77. The fourth-order valence-corrected chi connectivity index (χ4v) is 4.84. The predicted molar refractivity (Wildman–Crippen MR) is 159 cm³/mol. The predicted octanol–water partition coefficient (Wildman–Crippen LogP) is 5.24. The second-order valence-electron chi connectivity index (χ2n) is 10.7. The third kappa shape index (κ3) is 17.9. The lowest BCUT2D eigenvalue weighted by atomic mass is 9.63. The molecule has 42 heavy (non-hydrogen) atoms. The molecular formula is C31H47N3O8. The van der Waals surface area contributed by atoms with Crippen LogP contribution in [0.5, 0.6) is 0 Å². The summed E-state index contributed by atoms with van der Waals surface area (Å²) < 4.78 is 19.4. The molecular weight excluding hydrogens is 542 g/mol. The topological polar surface area (TPSA) is 159 Å². The van der Waals surface area contributed by atoms with Gasteiger partial charge in [0.15, 0.2) is 6.10 Å². The molecule has 1 amide bonds. The number of isocyanates is 2. The number of benzene rings is 1. The first-order valence-corrected chi connectivity index (χ1v) is 14.0. The molecule has 4 atom stereocenters. The number of nitrogens with two attached hydrogens (primary N) is 1. The van der Waals surface area contributed by atoms with Gasteiger partial charge in [-0.15, -0.1) is 0 Å². The van der Waals surface area contributed by atoms with Crippen molar-refractivity contribution in [1.29, 1.82) is 0 Å². The summed E-state index contributed by atoms with van der Waals surface area (Å²) in [7, 11) is 0. The molecule has 1 heterocycles. The highest BCUT2D eigenvalue weighted by Crippen LogP contribution is 2.47. The van der Waals surface area contributed by atoms with E-state index in [0.29, 0.717) is 19.8 Å². The van der Waals surface area contributed by atoms with Crippen molar-refractivity contribution in [1.82, 2.24) is 0 Å². The molecule has 2 N–H and O–H groups in total. The van der Waals surface area contributed by atoms with E-state index in [9.17, 15) is 19.2 Å². The lowest BCUT2D eigenvalue weighted by molar-refractivity contribution is -0.144. The molecule has 4 unspecified atom stereocenters. The summed E-state index contributed by atoms with van der Waals surface area (Å²) in [6, 6.07) is 9.58. The lowest BCUT2D eigenvalue weighted by Crippen LogP contribution is -2.39. The molecule has 2 aliphatic rings. The van der Waals surface area contributed by atoms with Crippen molar-refractivity contribution in [2.45, 2.75) is 79.1 Å². The molecule has 11 heteroatoms. The van der Waals surface area contributed by atoms with Crippen LogP contribution in [-0.2, 0) is 33.3 Å². The summed E-state index contributed by atoms with van der Waals surface area (Å²) in [5, 5.41) is 0. The maximum Gasteiger partial charge on any atom is 0.404 e. The lowest BCUT2D eigenvalue weighted by Gasteiger charge is -2.44. The first kappa shape index (κ1) is 38.4. The van der Waals surface area contributed by atoms with E-state index in [4.69, 9.17) is 14.2 Å². The van der Waals surface area contributed by atoms with Crippen molar-refractivity contribution in [3.63, 3.8) is 0 Å². The van der Waals surface area contributed by atoms with Crippen LogP contribution in [0, 0.1) is 10.8 Å². The normalized spacial score (nSPS) is 21.7. The molecule has 234 valence electrons. The number of hydrogen-bond acceptors (Lipinski definition) is 10. The van der Waals surface area contributed by atoms with Gasteiger partial charge < -0.3 is 24.7 Å². The number of epoxide rings is 1. The van der Waals surface area contributed by atoms with Crippen LogP contribution in [0.4, 0.5) is 4.79 Å². The van der Waals surface area contributed by atoms with Gasteiger partial charge in [-0.3, -0.25) is 0 Å². The zero-order valence-corrected chi connectivity index (χ0v) is 25.8. The van der Waals surface area contributed by atoms with Crippen molar-refractivity contribution in [3.05, 3.63) is 48.6 Å². The van der Waals surface area contributed by atoms with E-state index >= 15 is 0 Å². The molecule has 11 nitrogen and oxygen atoms in total. The molecule has 1 aliphatic carbocycles. The first-order valence-electron chi connectivity index (χ1n) is 14.0. The summed E-state index contributed by atoms with van der Waals surface area (Å²) in [5.41, 5.74) is 5.55. The molecule has 1 aromatic carbocycles. The summed E-state index contributed by atoms with van der Waals surface area (Å²) >= 11 is 0. The van der Waals surface area contributed by atoms with Crippen LogP contribution in [0.2, 0.25) is 0 Å². The second-order valence-corrected chi connectivity index (χ2v) is 10.7. The van der Waals surface area contributed by atoms with Gasteiger partial charge in [0.1, 0.15) is 6.10 Å². The molecule has 0 bridgehead atoms. The number of esters is 1. The maximum absolute atomic E-state index is 11.1. The van der Waals surface area contributed by atoms with Crippen molar-refractivity contribution in [2.75, 3.05) is 33.0 Å². The molecule has 1 saturated carbocycles. The number of carbonyl (C=O) groups excluding carboxylic acids is 4. The van der Waals surface area contributed by atoms with Gasteiger partial charge in [0.2, 0.25) is 12.2 Å². The highest BCUT2D eigenvalue weighted by Gasteiger charge is 2.41. The van der Waals surface area contributed by atoms with Gasteiger partial charge >= 0.3 is 12.1 Å². The van der Waals surface area contributed by atoms with Crippen LogP contribution in [0.25, 0.3) is 0 Å². The number of rotatable bonds is 10. The maximum atomic E-state index is 11.1. The smallest absolute Gasteiger partial charge is 0.404 e. The van der Waals surface area contributed by atoms with Crippen molar-refractivity contribution in [2.24, 2.45) is 26.5 Å². The van der Waals surface area contributed by atoms with E-state index in [-0.39, 0.29) is 29.1 Å². The third-order valence-electron chi connectivity index (χ3n) is 6.11. The van der Waals surface area contributed by atoms with Gasteiger partial charge in [-0.05, 0) is 56.4 Å². The van der Waals surface area contributed by atoms with E-state index in [1.165, 1.54) is 0 Å². The van der Waals surface area contributed by atoms with E-state index in [1.807, 2.05) is 44.2 Å². The molecule has 0 radical (unpaired) electrons. The van der Waals surface area contributed by atoms with Crippen molar-refractivity contribution < 1.29 is 38.1 Å². The van der Waals surface area contributed by atoms with Gasteiger partial charge in [0, 0.05) is 19.3 Å². The van der Waals surface area contributed by atoms with E-state index < -0.39 is 12.1 Å². The molecule has 3 rings (SSSR count). The molecule has 1 aromatic rings. The van der Waals surface area contributed by atoms with Crippen LogP contribution in [0.3, 0.4) is 0 Å². The SMILES string of the molecule is C=CC(=O)OC(c1ccccc1)C1CO1.CC1(C)CC(N=C=O)CC(C)(CN=C=O)C1.CCOC(N)=O.CCOCC. The Hall–Kier alpha value is -3.62. The van der Waals surface area contributed by atoms with Gasteiger partial charge in [-0.2, -0.15) is 0 Å². The quantitative estimate of drug-likeness (QED) is 0.127. The Balaban J connectivity index is 0.000000597. The van der Waals surface area contributed by atoms with Crippen LogP contribution in [0.1, 0.15) is 72.5 Å². The third-order valence-corrected chi connectivity index (χ3v) is 6.11. The Labute approximate surface area is 249 Å². The fraction of sp³-hybridized carbons (Fsp3) is 0.613. The zero-order chi connectivity index (χ0) is 32.0. The van der Waals surface area contributed by atoms with E-state index in [2.05, 4.69) is 47.8 Å². The van der Waals surface area contributed by atoms with Gasteiger partial charge in [0.05, 0.1) is 25.8 Å². The Morgan fingerprint density at radius 2 is 1.71 bits per heavy atom. The highest BCUT2D eigenvalue weighted by molar-refractivity contribution is 5.81. The summed E-state index contributed by atoms with van der Waals surface area (Å²) in [4.78, 5) is 48.8. The fourth-order valence-electron chi connectivity index (χ4n) is 4.84. The molecule has 0 spiro atoms. The monoisotopic (exact) mass is 589 g/mol. The largest absolute Gasteiger partial charge is 0.451 e. The standard InChI is InChI=1S/C12H18N2O2.C12H12O3.C4H10O.C3H7NO2/c1-11(2)4-10(14-9-16)5-12(3,6-11)7-13-8-15;1-2-11(13)15-12(10-8-14-10)9-6-4-3-5-7-9;1-3-5-4-2;1-2-6-3(4)5/h10H,4-7H2,1-3H3;2-7,10,12H,1,8H2;3-4H2,1-2H3;2H2,1H3,(H2,4,5). The number of aliphatic imine (C=N–C) groups is 2.